The molecule has 1 N–H and O–H groups in total. The Labute approximate surface area is 96.4 Å². The van der Waals surface area contributed by atoms with Gasteiger partial charge in [0.1, 0.15) is 0 Å². The summed E-state index contributed by atoms with van der Waals surface area (Å²) in [5.41, 5.74) is 1.04. The van der Waals surface area contributed by atoms with Crippen LogP contribution in [0.15, 0.2) is 5.38 Å². The van der Waals surface area contributed by atoms with Crippen molar-refractivity contribution >= 4 is 11.3 Å². The molecule has 1 aromatic rings. The number of rotatable bonds is 7. The molecule has 2 nitrogen and oxygen atoms in total. The second-order valence-corrected chi connectivity index (χ2v) is 5.13. The first-order valence-electron chi connectivity index (χ1n) is 5.81. The Hall–Kier alpha value is -0.410. The number of aliphatic hydroxyl groups is 1. The number of aryl methyl sites for hydroxylation is 1. The Morgan fingerprint density at radius 3 is 2.80 bits per heavy atom. The molecule has 86 valence electrons. The summed E-state index contributed by atoms with van der Waals surface area (Å²) < 4.78 is 0. The number of thiazole rings is 1. The molecule has 0 spiro atoms. The van der Waals surface area contributed by atoms with Gasteiger partial charge in [-0.2, -0.15) is 0 Å². The number of aliphatic hydroxyl groups excluding tert-OH is 1. The van der Waals surface area contributed by atoms with Crippen molar-refractivity contribution in [2.75, 3.05) is 0 Å². The van der Waals surface area contributed by atoms with Crippen LogP contribution in [0.5, 0.6) is 0 Å². The molecular formula is C12H21NOS. The lowest BCUT2D eigenvalue weighted by Crippen LogP contribution is -2.10. The lowest BCUT2D eigenvalue weighted by Gasteiger charge is -2.08. The smallest absolute Gasteiger partial charge is 0.0897 e. The maximum Gasteiger partial charge on any atom is 0.0897 e. The van der Waals surface area contributed by atoms with E-state index in [1.807, 2.05) is 12.3 Å². The van der Waals surface area contributed by atoms with Crippen molar-refractivity contribution in [3.8, 4) is 0 Å². The van der Waals surface area contributed by atoms with Gasteiger partial charge in [-0.3, -0.25) is 0 Å². The average molecular weight is 227 g/mol. The maximum atomic E-state index is 9.78. The molecule has 0 aliphatic rings. The molecule has 0 aliphatic heterocycles. The Bertz CT molecular complexity index is 272. The van der Waals surface area contributed by atoms with Crippen molar-refractivity contribution in [3.63, 3.8) is 0 Å². The monoisotopic (exact) mass is 227 g/mol. The number of unbranched alkanes of at least 4 members (excludes halogenated alkanes) is 3. The van der Waals surface area contributed by atoms with Crippen LogP contribution in [0.25, 0.3) is 0 Å². The molecule has 0 fully saturated rings. The fourth-order valence-electron chi connectivity index (χ4n) is 1.65. The normalized spacial score (nSPS) is 13.0. The second-order valence-electron chi connectivity index (χ2n) is 4.07. The van der Waals surface area contributed by atoms with Crippen molar-refractivity contribution in [1.82, 2.24) is 4.98 Å². The molecule has 15 heavy (non-hydrogen) atoms. The summed E-state index contributed by atoms with van der Waals surface area (Å²) in [5, 5.41) is 12.9. The summed E-state index contributed by atoms with van der Waals surface area (Å²) in [5.74, 6) is 0. The molecule has 0 amide bonds. The summed E-state index contributed by atoms with van der Waals surface area (Å²) >= 11 is 1.66. The number of nitrogens with zero attached hydrogens (tertiary/aromatic N) is 1. The topological polar surface area (TPSA) is 33.1 Å². The molecule has 1 heterocycles. The zero-order chi connectivity index (χ0) is 11.1. The molecule has 0 saturated heterocycles. The van der Waals surface area contributed by atoms with Gasteiger partial charge in [0.15, 0.2) is 0 Å². The number of aromatic nitrogens is 1. The van der Waals surface area contributed by atoms with Gasteiger partial charge in [-0.05, 0) is 13.3 Å². The van der Waals surface area contributed by atoms with E-state index < -0.39 is 0 Å². The summed E-state index contributed by atoms with van der Waals surface area (Å²) in [7, 11) is 0. The standard InChI is InChI=1S/C12H21NOS/c1-3-4-5-6-7-12(14)8-11-9-15-10(2)13-11/h9,12,14H,3-8H2,1-2H3. The Kier molecular flexibility index (Phi) is 5.88. The molecule has 1 aromatic heterocycles. The van der Waals surface area contributed by atoms with Crippen LogP contribution < -0.4 is 0 Å². The molecule has 0 saturated carbocycles. The summed E-state index contributed by atoms with van der Waals surface area (Å²) in [6.07, 6.45) is 6.34. The lowest BCUT2D eigenvalue weighted by molar-refractivity contribution is 0.160. The highest BCUT2D eigenvalue weighted by atomic mass is 32.1. The van der Waals surface area contributed by atoms with E-state index in [0.717, 1.165) is 30.0 Å². The van der Waals surface area contributed by atoms with E-state index in [-0.39, 0.29) is 6.10 Å². The predicted octanol–water partition coefficient (Wildman–Crippen LogP) is 3.33. The van der Waals surface area contributed by atoms with E-state index in [0.29, 0.717) is 0 Å². The van der Waals surface area contributed by atoms with Gasteiger partial charge in [0.25, 0.3) is 0 Å². The second kappa shape index (κ2) is 6.96. The van der Waals surface area contributed by atoms with Gasteiger partial charge in [-0.15, -0.1) is 11.3 Å². The zero-order valence-corrected chi connectivity index (χ0v) is 10.5. The largest absolute Gasteiger partial charge is 0.393 e. The number of hydrogen-bond donors (Lipinski definition) is 1. The highest BCUT2D eigenvalue weighted by Crippen LogP contribution is 2.13. The van der Waals surface area contributed by atoms with Gasteiger partial charge in [0, 0.05) is 11.8 Å². The first kappa shape index (κ1) is 12.7. The van der Waals surface area contributed by atoms with Gasteiger partial charge in [0.2, 0.25) is 0 Å². The molecular weight excluding hydrogens is 206 g/mol. The predicted molar refractivity (Wildman–Crippen MR) is 65.3 cm³/mol. The van der Waals surface area contributed by atoms with Gasteiger partial charge in [0.05, 0.1) is 16.8 Å². The minimum Gasteiger partial charge on any atom is -0.393 e. The minimum atomic E-state index is -0.205. The van der Waals surface area contributed by atoms with Crippen LogP contribution in [0.3, 0.4) is 0 Å². The Morgan fingerprint density at radius 2 is 2.20 bits per heavy atom. The molecule has 1 atom stereocenters. The third-order valence-corrected chi connectivity index (χ3v) is 3.32. The van der Waals surface area contributed by atoms with Gasteiger partial charge in [-0.25, -0.2) is 4.98 Å². The van der Waals surface area contributed by atoms with Crippen molar-refractivity contribution in [1.29, 1.82) is 0 Å². The minimum absolute atomic E-state index is 0.205. The quantitative estimate of drug-likeness (QED) is 0.725. The van der Waals surface area contributed by atoms with Crippen LogP contribution in [0.4, 0.5) is 0 Å². The maximum absolute atomic E-state index is 9.78. The highest BCUT2D eigenvalue weighted by molar-refractivity contribution is 7.09. The molecule has 1 rings (SSSR count). The molecule has 1 unspecified atom stereocenters. The van der Waals surface area contributed by atoms with E-state index in [1.165, 1.54) is 19.3 Å². The fraction of sp³-hybridized carbons (Fsp3) is 0.750. The molecule has 0 radical (unpaired) electrons. The van der Waals surface area contributed by atoms with Crippen molar-refractivity contribution in [2.24, 2.45) is 0 Å². The lowest BCUT2D eigenvalue weighted by atomic mass is 10.1. The molecule has 0 bridgehead atoms. The highest BCUT2D eigenvalue weighted by Gasteiger charge is 2.07. The van der Waals surface area contributed by atoms with Gasteiger partial charge < -0.3 is 5.11 Å². The molecule has 3 heteroatoms. The van der Waals surface area contributed by atoms with Crippen molar-refractivity contribution < 1.29 is 5.11 Å². The Balaban J connectivity index is 2.15. The van der Waals surface area contributed by atoms with Crippen LogP contribution in [-0.2, 0) is 6.42 Å². The van der Waals surface area contributed by atoms with Crippen LogP contribution in [0.1, 0.15) is 49.7 Å². The van der Waals surface area contributed by atoms with Gasteiger partial charge in [-0.1, -0.05) is 32.6 Å². The van der Waals surface area contributed by atoms with Crippen LogP contribution in [0, 0.1) is 6.92 Å². The van der Waals surface area contributed by atoms with Gasteiger partial charge >= 0.3 is 0 Å². The Morgan fingerprint density at radius 1 is 1.40 bits per heavy atom. The van der Waals surface area contributed by atoms with E-state index >= 15 is 0 Å². The first-order valence-corrected chi connectivity index (χ1v) is 6.69. The van der Waals surface area contributed by atoms with E-state index in [2.05, 4.69) is 11.9 Å². The van der Waals surface area contributed by atoms with E-state index in [1.54, 1.807) is 11.3 Å². The number of hydrogen-bond acceptors (Lipinski definition) is 3. The average Bonchev–Trinajstić information content (AvgIpc) is 2.59. The van der Waals surface area contributed by atoms with E-state index in [9.17, 15) is 5.11 Å². The fourth-order valence-corrected chi connectivity index (χ4v) is 2.28. The zero-order valence-electron chi connectivity index (χ0n) is 9.70. The molecule has 0 aromatic carbocycles. The van der Waals surface area contributed by atoms with Crippen molar-refractivity contribution in [2.45, 2.75) is 58.5 Å². The summed E-state index contributed by atoms with van der Waals surface area (Å²) in [6, 6.07) is 0. The summed E-state index contributed by atoms with van der Waals surface area (Å²) in [6.45, 7) is 4.20. The third kappa shape index (κ3) is 5.28. The first-order chi connectivity index (χ1) is 7.22. The SMILES string of the molecule is CCCCCCC(O)Cc1csc(C)n1. The van der Waals surface area contributed by atoms with E-state index in [4.69, 9.17) is 0 Å². The molecule has 0 aliphatic carbocycles. The summed E-state index contributed by atoms with van der Waals surface area (Å²) in [4.78, 5) is 4.35. The van der Waals surface area contributed by atoms with Crippen LogP contribution in [-0.4, -0.2) is 16.2 Å². The van der Waals surface area contributed by atoms with Crippen LogP contribution >= 0.6 is 11.3 Å². The van der Waals surface area contributed by atoms with Crippen molar-refractivity contribution in [3.05, 3.63) is 16.1 Å². The van der Waals surface area contributed by atoms with Crippen LogP contribution in [0.2, 0.25) is 0 Å². The third-order valence-electron chi connectivity index (χ3n) is 2.50.